The predicted octanol–water partition coefficient (Wildman–Crippen LogP) is 3.45. The number of ether oxygens (including phenoxy) is 3. The summed E-state index contributed by atoms with van der Waals surface area (Å²) in [7, 11) is 0. The highest BCUT2D eigenvalue weighted by Gasteiger charge is 2.24. The molecule has 1 aromatic rings. The maximum absolute atomic E-state index is 6.08. The third kappa shape index (κ3) is 8.78. The summed E-state index contributed by atoms with van der Waals surface area (Å²) in [6, 6.07) is 10.3. The lowest BCUT2D eigenvalue weighted by atomic mass is 10.1. The van der Waals surface area contributed by atoms with Crippen LogP contribution in [0, 0.1) is 0 Å². The van der Waals surface area contributed by atoms with Gasteiger partial charge in [0.2, 0.25) is 0 Å². The average Bonchev–Trinajstić information content (AvgIpc) is 3.26. The van der Waals surface area contributed by atoms with Crippen molar-refractivity contribution in [2.45, 2.75) is 51.4 Å². The van der Waals surface area contributed by atoms with Crippen LogP contribution in [0.15, 0.2) is 35.3 Å². The molecule has 0 bridgehead atoms. The molecule has 0 aliphatic carbocycles. The van der Waals surface area contributed by atoms with Crippen molar-refractivity contribution < 1.29 is 14.2 Å². The highest BCUT2D eigenvalue weighted by atomic mass is 127. The van der Waals surface area contributed by atoms with Gasteiger partial charge < -0.3 is 24.4 Å². The number of halogens is 1. The molecule has 0 spiro atoms. The van der Waals surface area contributed by atoms with Gasteiger partial charge in [-0.3, -0.25) is 4.99 Å². The molecule has 0 aromatic heterocycles. The molecule has 2 fully saturated rings. The zero-order valence-electron chi connectivity index (χ0n) is 17.6. The van der Waals surface area contributed by atoms with Crippen molar-refractivity contribution in [2.75, 3.05) is 46.0 Å². The van der Waals surface area contributed by atoms with E-state index in [1.165, 1.54) is 12.0 Å². The number of likely N-dealkylation sites (tertiary alicyclic amines) is 1. The molecule has 1 atom stereocenters. The Morgan fingerprint density at radius 3 is 2.69 bits per heavy atom. The number of rotatable bonds is 9. The summed E-state index contributed by atoms with van der Waals surface area (Å²) < 4.78 is 17.5. The van der Waals surface area contributed by atoms with Crippen LogP contribution < -0.4 is 5.32 Å². The van der Waals surface area contributed by atoms with Gasteiger partial charge in [-0.25, -0.2) is 0 Å². The van der Waals surface area contributed by atoms with Gasteiger partial charge in [0.05, 0.1) is 38.6 Å². The smallest absolute Gasteiger partial charge is 0.193 e. The maximum Gasteiger partial charge on any atom is 0.193 e. The topological polar surface area (TPSA) is 55.3 Å². The van der Waals surface area contributed by atoms with Crippen molar-refractivity contribution >= 4 is 29.9 Å². The number of hydrogen-bond acceptors (Lipinski definition) is 4. The summed E-state index contributed by atoms with van der Waals surface area (Å²) in [5, 5.41) is 3.41. The molecule has 0 radical (unpaired) electrons. The van der Waals surface area contributed by atoms with Crippen LogP contribution in [0.3, 0.4) is 0 Å². The molecule has 0 amide bonds. The Labute approximate surface area is 192 Å². The van der Waals surface area contributed by atoms with Gasteiger partial charge in [0.25, 0.3) is 0 Å². The average molecular weight is 517 g/mol. The summed E-state index contributed by atoms with van der Waals surface area (Å²) in [4.78, 5) is 7.09. The van der Waals surface area contributed by atoms with Crippen LogP contribution >= 0.6 is 24.0 Å². The molecule has 2 saturated heterocycles. The number of benzene rings is 1. The fourth-order valence-electron chi connectivity index (χ4n) is 3.66. The minimum absolute atomic E-state index is 0. The molecule has 1 unspecified atom stereocenters. The molecule has 0 saturated carbocycles. The van der Waals surface area contributed by atoms with E-state index in [9.17, 15) is 0 Å². The van der Waals surface area contributed by atoms with Gasteiger partial charge >= 0.3 is 0 Å². The fraction of sp³-hybridized carbons (Fsp3) is 0.682. The highest BCUT2D eigenvalue weighted by Crippen LogP contribution is 2.17. The molecule has 29 heavy (non-hydrogen) atoms. The van der Waals surface area contributed by atoms with E-state index in [1.807, 2.05) is 18.2 Å². The molecule has 1 aromatic carbocycles. The maximum atomic E-state index is 6.08. The zero-order valence-corrected chi connectivity index (χ0v) is 19.9. The SMILES string of the molecule is CCNC(=NCCOCc1ccccc1)N1CCC(OCC2CCCO2)CC1.I. The van der Waals surface area contributed by atoms with Crippen LogP contribution in [-0.4, -0.2) is 69.1 Å². The number of piperidine rings is 1. The molecule has 7 heteroatoms. The van der Waals surface area contributed by atoms with E-state index in [1.54, 1.807) is 0 Å². The largest absolute Gasteiger partial charge is 0.376 e. The van der Waals surface area contributed by atoms with Gasteiger partial charge in [-0.15, -0.1) is 24.0 Å². The van der Waals surface area contributed by atoms with E-state index in [0.29, 0.717) is 32.0 Å². The normalized spacial score (nSPS) is 20.5. The number of aliphatic imine (C=N–C) groups is 1. The Hall–Kier alpha value is -0.900. The third-order valence-electron chi connectivity index (χ3n) is 5.23. The fourth-order valence-corrected chi connectivity index (χ4v) is 3.66. The van der Waals surface area contributed by atoms with Gasteiger partial charge in [0, 0.05) is 26.2 Å². The van der Waals surface area contributed by atoms with Crippen molar-refractivity contribution in [3.63, 3.8) is 0 Å². The Kier molecular flexibility index (Phi) is 11.9. The minimum atomic E-state index is 0. The first-order chi connectivity index (χ1) is 13.8. The van der Waals surface area contributed by atoms with Crippen LogP contribution in [0.5, 0.6) is 0 Å². The van der Waals surface area contributed by atoms with Gasteiger partial charge in [0.1, 0.15) is 0 Å². The molecule has 1 N–H and O–H groups in total. The summed E-state index contributed by atoms with van der Waals surface area (Å²) >= 11 is 0. The second-order valence-corrected chi connectivity index (χ2v) is 7.43. The van der Waals surface area contributed by atoms with E-state index in [-0.39, 0.29) is 24.0 Å². The lowest BCUT2D eigenvalue weighted by Crippen LogP contribution is -2.47. The van der Waals surface area contributed by atoms with Gasteiger partial charge in [-0.05, 0) is 38.2 Å². The molecule has 2 aliphatic rings. The summed E-state index contributed by atoms with van der Waals surface area (Å²) in [5.74, 6) is 0.989. The molecule has 6 nitrogen and oxygen atoms in total. The van der Waals surface area contributed by atoms with Crippen molar-refractivity contribution in [1.82, 2.24) is 10.2 Å². The number of hydrogen-bond donors (Lipinski definition) is 1. The molecular formula is C22H36IN3O3. The Morgan fingerprint density at radius 2 is 2.00 bits per heavy atom. The number of nitrogens with one attached hydrogen (secondary N) is 1. The zero-order chi connectivity index (χ0) is 19.4. The summed E-state index contributed by atoms with van der Waals surface area (Å²) in [6.07, 6.45) is 5.06. The summed E-state index contributed by atoms with van der Waals surface area (Å²) in [5.41, 5.74) is 1.20. The molecule has 2 aliphatic heterocycles. The minimum Gasteiger partial charge on any atom is -0.376 e. The monoisotopic (exact) mass is 517 g/mol. The lowest BCUT2D eigenvalue weighted by Gasteiger charge is -2.34. The van der Waals surface area contributed by atoms with Crippen LogP contribution in [0.1, 0.15) is 38.2 Å². The molecule has 164 valence electrons. The van der Waals surface area contributed by atoms with E-state index >= 15 is 0 Å². The Balaban J connectivity index is 0.00000300. The standard InChI is InChI=1S/C22H35N3O3.HI/c1-2-23-22(24-12-16-26-17-19-7-4-3-5-8-19)25-13-10-20(11-14-25)28-18-21-9-6-15-27-21;/h3-5,7-8,20-21H,2,6,9-18H2,1H3,(H,23,24);1H. The quantitative estimate of drug-likeness (QED) is 0.236. The highest BCUT2D eigenvalue weighted by molar-refractivity contribution is 14.0. The predicted molar refractivity (Wildman–Crippen MR) is 127 cm³/mol. The second kappa shape index (κ2) is 14.2. The first kappa shape index (κ1) is 24.4. The molecular weight excluding hydrogens is 481 g/mol. The Bertz CT molecular complexity index is 574. The second-order valence-electron chi connectivity index (χ2n) is 7.43. The van der Waals surface area contributed by atoms with Crippen molar-refractivity contribution in [1.29, 1.82) is 0 Å². The van der Waals surface area contributed by atoms with Gasteiger partial charge in [-0.2, -0.15) is 0 Å². The lowest BCUT2D eigenvalue weighted by molar-refractivity contribution is -0.0367. The first-order valence-corrected chi connectivity index (χ1v) is 10.7. The number of guanidine groups is 1. The van der Waals surface area contributed by atoms with Crippen molar-refractivity contribution in [2.24, 2.45) is 4.99 Å². The van der Waals surface area contributed by atoms with E-state index in [2.05, 4.69) is 29.3 Å². The first-order valence-electron chi connectivity index (χ1n) is 10.7. The summed E-state index contributed by atoms with van der Waals surface area (Å²) in [6.45, 7) is 8.52. The van der Waals surface area contributed by atoms with Crippen LogP contribution in [0.25, 0.3) is 0 Å². The van der Waals surface area contributed by atoms with Crippen molar-refractivity contribution in [3.8, 4) is 0 Å². The molecule has 2 heterocycles. The van der Waals surface area contributed by atoms with E-state index < -0.39 is 0 Å². The van der Waals surface area contributed by atoms with Crippen LogP contribution in [0.4, 0.5) is 0 Å². The van der Waals surface area contributed by atoms with E-state index in [4.69, 9.17) is 19.2 Å². The number of nitrogens with zero attached hydrogens (tertiary/aromatic N) is 2. The van der Waals surface area contributed by atoms with Crippen LogP contribution in [0.2, 0.25) is 0 Å². The van der Waals surface area contributed by atoms with Crippen molar-refractivity contribution in [3.05, 3.63) is 35.9 Å². The Morgan fingerprint density at radius 1 is 1.21 bits per heavy atom. The molecule has 3 rings (SSSR count). The van der Waals surface area contributed by atoms with Gasteiger partial charge in [-0.1, -0.05) is 30.3 Å². The van der Waals surface area contributed by atoms with Gasteiger partial charge in [0.15, 0.2) is 5.96 Å². The van der Waals surface area contributed by atoms with E-state index in [0.717, 1.165) is 58.1 Å². The third-order valence-corrected chi connectivity index (χ3v) is 5.23. The van der Waals surface area contributed by atoms with Crippen LogP contribution in [-0.2, 0) is 20.8 Å².